The highest BCUT2D eigenvalue weighted by molar-refractivity contribution is 5.96. The van der Waals surface area contributed by atoms with Crippen LogP contribution in [0.25, 0.3) is 0 Å². The van der Waals surface area contributed by atoms with Gasteiger partial charge in [0, 0.05) is 24.6 Å². The third-order valence-electron chi connectivity index (χ3n) is 4.66. The van der Waals surface area contributed by atoms with Crippen LogP contribution in [0, 0.1) is 18.7 Å². The molecule has 1 heterocycles. The quantitative estimate of drug-likeness (QED) is 0.928. The number of halogens is 1. The van der Waals surface area contributed by atoms with Gasteiger partial charge in [-0.1, -0.05) is 30.3 Å². The molecule has 130 valence electrons. The van der Waals surface area contributed by atoms with Gasteiger partial charge in [0.2, 0.25) is 5.91 Å². The monoisotopic (exact) mass is 340 g/mol. The standard InChI is InChI=1S/C20H21FN2O2/c1-14-6-2-3-7-16(14)20(25)23-12-10-15(11-13-23)19(24)22-18-9-5-4-8-17(18)21/h2-9,15H,10-13H2,1H3,(H,22,24). The van der Waals surface area contributed by atoms with Crippen molar-refractivity contribution < 1.29 is 14.0 Å². The van der Waals surface area contributed by atoms with Crippen LogP contribution in [0.2, 0.25) is 0 Å². The minimum absolute atomic E-state index is 0.00561. The Kier molecular flexibility index (Phi) is 5.12. The highest BCUT2D eigenvalue weighted by Gasteiger charge is 2.28. The summed E-state index contributed by atoms with van der Waals surface area (Å²) in [5.74, 6) is -0.831. The van der Waals surface area contributed by atoms with Crippen LogP contribution in [-0.2, 0) is 4.79 Å². The molecule has 5 heteroatoms. The lowest BCUT2D eigenvalue weighted by Crippen LogP contribution is -2.41. The van der Waals surface area contributed by atoms with Crippen molar-refractivity contribution in [1.29, 1.82) is 0 Å². The summed E-state index contributed by atoms with van der Waals surface area (Å²) in [6.45, 7) is 2.98. The zero-order valence-corrected chi connectivity index (χ0v) is 14.2. The van der Waals surface area contributed by atoms with Gasteiger partial charge < -0.3 is 10.2 Å². The first-order chi connectivity index (χ1) is 12.1. The van der Waals surface area contributed by atoms with Gasteiger partial charge in [0.15, 0.2) is 0 Å². The number of amides is 2. The Labute approximate surface area is 146 Å². The van der Waals surface area contributed by atoms with Crippen molar-refractivity contribution in [3.8, 4) is 0 Å². The molecule has 2 amide bonds. The fourth-order valence-electron chi connectivity index (χ4n) is 3.13. The van der Waals surface area contributed by atoms with Crippen molar-refractivity contribution in [3.63, 3.8) is 0 Å². The van der Waals surface area contributed by atoms with E-state index in [1.165, 1.54) is 6.07 Å². The summed E-state index contributed by atoms with van der Waals surface area (Å²) in [6, 6.07) is 13.6. The molecule has 0 unspecified atom stereocenters. The van der Waals surface area contributed by atoms with Crippen LogP contribution >= 0.6 is 0 Å². The zero-order valence-electron chi connectivity index (χ0n) is 14.2. The number of nitrogens with one attached hydrogen (secondary N) is 1. The molecule has 0 spiro atoms. The number of likely N-dealkylation sites (tertiary alicyclic amines) is 1. The van der Waals surface area contributed by atoms with Gasteiger partial charge in [-0.25, -0.2) is 4.39 Å². The molecule has 2 aromatic rings. The number of carbonyl (C=O) groups excluding carboxylic acids is 2. The van der Waals surface area contributed by atoms with E-state index in [1.54, 1.807) is 23.1 Å². The maximum Gasteiger partial charge on any atom is 0.254 e. The number of hydrogen-bond acceptors (Lipinski definition) is 2. The number of carbonyl (C=O) groups is 2. The Balaban J connectivity index is 1.58. The molecular formula is C20H21FN2O2. The maximum absolute atomic E-state index is 13.6. The largest absolute Gasteiger partial charge is 0.339 e. The van der Waals surface area contributed by atoms with Crippen molar-refractivity contribution in [1.82, 2.24) is 4.90 Å². The van der Waals surface area contributed by atoms with Gasteiger partial charge in [0.25, 0.3) is 5.91 Å². The molecular weight excluding hydrogens is 319 g/mol. The minimum atomic E-state index is -0.442. The molecule has 1 aliphatic rings. The SMILES string of the molecule is Cc1ccccc1C(=O)N1CCC(C(=O)Nc2ccccc2F)CC1. The van der Waals surface area contributed by atoms with Crippen LogP contribution in [-0.4, -0.2) is 29.8 Å². The lowest BCUT2D eigenvalue weighted by molar-refractivity contribution is -0.121. The summed E-state index contributed by atoms with van der Waals surface area (Å²) >= 11 is 0. The lowest BCUT2D eigenvalue weighted by atomic mass is 9.95. The topological polar surface area (TPSA) is 49.4 Å². The second kappa shape index (κ2) is 7.47. The average Bonchev–Trinajstić information content (AvgIpc) is 2.63. The van der Waals surface area contributed by atoms with Gasteiger partial charge in [-0.15, -0.1) is 0 Å². The molecule has 1 aliphatic heterocycles. The number of nitrogens with zero attached hydrogens (tertiary/aromatic N) is 1. The summed E-state index contributed by atoms with van der Waals surface area (Å²) < 4.78 is 13.6. The summed E-state index contributed by atoms with van der Waals surface area (Å²) in [5, 5.41) is 2.65. The highest BCUT2D eigenvalue weighted by Crippen LogP contribution is 2.22. The number of anilines is 1. The summed E-state index contributed by atoms with van der Waals surface area (Å²) in [5.41, 5.74) is 1.86. The van der Waals surface area contributed by atoms with E-state index in [0.29, 0.717) is 31.5 Å². The molecule has 4 nitrogen and oxygen atoms in total. The number of rotatable bonds is 3. The minimum Gasteiger partial charge on any atom is -0.339 e. The predicted octanol–water partition coefficient (Wildman–Crippen LogP) is 3.63. The normalized spacial score (nSPS) is 15.0. The maximum atomic E-state index is 13.6. The van der Waals surface area contributed by atoms with E-state index in [4.69, 9.17) is 0 Å². The molecule has 3 rings (SSSR count). The molecule has 1 N–H and O–H groups in total. The fraction of sp³-hybridized carbons (Fsp3) is 0.300. The van der Waals surface area contributed by atoms with Crippen molar-refractivity contribution in [3.05, 3.63) is 65.5 Å². The van der Waals surface area contributed by atoms with Crippen molar-refractivity contribution in [2.24, 2.45) is 5.92 Å². The Morgan fingerprint density at radius 2 is 1.68 bits per heavy atom. The van der Waals surface area contributed by atoms with Gasteiger partial charge in [0.05, 0.1) is 5.69 Å². The molecule has 1 fully saturated rings. The van der Waals surface area contributed by atoms with Gasteiger partial charge in [-0.05, 0) is 43.5 Å². The third kappa shape index (κ3) is 3.87. The van der Waals surface area contributed by atoms with Gasteiger partial charge in [-0.2, -0.15) is 0 Å². The second-order valence-corrected chi connectivity index (χ2v) is 6.35. The van der Waals surface area contributed by atoms with Crippen molar-refractivity contribution in [2.45, 2.75) is 19.8 Å². The second-order valence-electron chi connectivity index (χ2n) is 6.35. The van der Waals surface area contributed by atoms with Crippen molar-refractivity contribution in [2.75, 3.05) is 18.4 Å². The molecule has 0 aromatic heterocycles. The molecule has 0 atom stereocenters. The molecule has 2 aromatic carbocycles. The van der Waals surface area contributed by atoms with E-state index in [0.717, 1.165) is 5.56 Å². The first-order valence-electron chi connectivity index (χ1n) is 8.46. The van der Waals surface area contributed by atoms with Gasteiger partial charge in [0.1, 0.15) is 5.82 Å². The van der Waals surface area contributed by atoms with Gasteiger partial charge >= 0.3 is 0 Å². The summed E-state index contributed by atoms with van der Waals surface area (Å²) in [4.78, 5) is 26.7. The van der Waals surface area contributed by atoms with Crippen LogP contribution in [0.15, 0.2) is 48.5 Å². The Morgan fingerprint density at radius 1 is 1.04 bits per heavy atom. The third-order valence-corrected chi connectivity index (χ3v) is 4.66. The van der Waals surface area contributed by atoms with Gasteiger partial charge in [-0.3, -0.25) is 9.59 Å². The number of para-hydroxylation sites is 1. The van der Waals surface area contributed by atoms with E-state index in [2.05, 4.69) is 5.32 Å². The molecule has 0 saturated carbocycles. The molecule has 25 heavy (non-hydrogen) atoms. The van der Waals surface area contributed by atoms with Crippen LogP contribution in [0.5, 0.6) is 0 Å². The van der Waals surface area contributed by atoms with E-state index >= 15 is 0 Å². The van der Waals surface area contributed by atoms with E-state index in [9.17, 15) is 14.0 Å². The fourth-order valence-corrected chi connectivity index (χ4v) is 3.13. The summed E-state index contributed by atoms with van der Waals surface area (Å²) in [7, 11) is 0. The number of benzene rings is 2. The number of hydrogen-bond donors (Lipinski definition) is 1. The smallest absolute Gasteiger partial charge is 0.254 e. The zero-order chi connectivity index (χ0) is 17.8. The van der Waals surface area contributed by atoms with E-state index in [-0.39, 0.29) is 23.4 Å². The average molecular weight is 340 g/mol. The first kappa shape index (κ1) is 17.1. The van der Waals surface area contributed by atoms with Crippen LogP contribution in [0.1, 0.15) is 28.8 Å². The Morgan fingerprint density at radius 3 is 2.36 bits per heavy atom. The Hall–Kier alpha value is -2.69. The first-order valence-corrected chi connectivity index (χ1v) is 8.46. The van der Waals surface area contributed by atoms with Crippen LogP contribution in [0.4, 0.5) is 10.1 Å². The Bertz CT molecular complexity index is 783. The predicted molar refractivity (Wildman–Crippen MR) is 94.8 cm³/mol. The lowest BCUT2D eigenvalue weighted by Gasteiger charge is -2.31. The van der Waals surface area contributed by atoms with E-state index in [1.807, 2.05) is 31.2 Å². The molecule has 0 aliphatic carbocycles. The number of aryl methyl sites for hydroxylation is 1. The van der Waals surface area contributed by atoms with Crippen molar-refractivity contribution >= 4 is 17.5 Å². The highest BCUT2D eigenvalue weighted by atomic mass is 19.1. The summed E-state index contributed by atoms with van der Waals surface area (Å²) in [6.07, 6.45) is 1.16. The molecule has 0 bridgehead atoms. The van der Waals surface area contributed by atoms with E-state index < -0.39 is 5.82 Å². The van der Waals surface area contributed by atoms with Crippen LogP contribution in [0.3, 0.4) is 0 Å². The molecule has 0 radical (unpaired) electrons. The molecule has 1 saturated heterocycles. The number of piperidine rings is 1. The van der Waals surface area contributed by atoms with Crippen LogP contribution < -0.4 is 5.32 Å².